The quantitative estimate of drug-likeness (QED) is 0.702. The molecule has 24 heavy (non-hydrogen) atoms. The highest BCUT2D eigenvalue weighted by atomic mass is 16.1. The Hall–Kier alpha value is -3.20. The summed E-state index contributed by atoms with van der Waals surface area (Å²) >= 11 is 0. The Morgan fingerprint density at radius 3 is 2.00 bits per heavy atom. The molecule has 3 nitrogen and oxygen atoms in total. The Morgan fingerprint density at radius 2 is 1.29 bits per heavy atom. The van der Waals surface area contributed by atoms with E-state index >= 15 is 0 Å². The smallest absolute Gasteiger partial charge is 0.256 e. The molecule has 1 N–H and O–H groups in total. The van der Waals surface area contributed by atoms with Crippen molar-refractivity contribution in [2.24, 2.45) is 0 Å². The van der Waals surface area contributed by atoms with Gasteiger partial charge in [-0.05, 0) is 36.2 Å². The molecular weight excluding hydrogens is 298 g/mol. The predicted molar refractivity (Wildman–Crippen MR) is 96.3 cm³/mol. The van der Waals surface area contributed by atoms with Gasteiger partial charge in [-0.3, -0.25) is 9.59 Å². The number of hydrogen-bond acceptors (Lipinski definition) is 2. The maximum Gasteiger partial charge on any atom is 0.256 e. The topological polar surface area (TPSA) is 46.2 Å². The predicted octanol–water partition coefficient (Wildman–Crippen LogP) is 4.81. The maximum absolute atomic E-state index is 12.8. The molecule has 1 amide bonds. The molecule has 0 saturated heterocycles. The summed E-state index contributed by atoms with van der Waals surface area (Å²) in [6, 6.07) is 24.2. The molecule has 0 bridgehead atoms. The number of nitrogens with one attached hydrogen (secondary N) is 1. The number of Topliss-reactive ketones (excluding diaryl/α,β-unsaturated/α-hetero) is 1. The molecule has 3 aromatic carbocycles. The molecule has 3 rings (SSSR count). The number of benzene rings is 3. The highest BCUT2D eigenvalue weighted by Gasteiger charge is 2.14. The van der Waals surface area contributed by atoms with Gasteiger partial charge in [-0.15, -0.1) is 0 Å². The SMILES string of the molecule is CC(=O)c1ccccc1NC(=O)c1ccccc1-c1ccccc1. The molecule has 0 unspecified atom stereocenters. The molecule has 0 aromatic heterocycles. The first-order valence-corrected chi connectivity index (χ1v) is 7.72. The number of hydrogen-bond donors (Lipinski definition) is 1. The molecule has 0 saturated carbocycles. The van der Waals surface area contributed by atoms with E-state index in [-0.39, 0.29) is 11.7 Å². The summed E-state index contributed by atoms with van der Waals surface area (Å²) in [6.45, 7) is 1.49. The van der Waals surface area contributed by atoms with Gasteiger partial charge in [0.2, 0.25) is 0 Å². The standard InChI is InChI=1S/C21H17NO2/c1-15(23)17-11-7-8-14-20(17)22-21(24)19-13-6-5-12-18(19)16-9-3-2-4-10-16/h2-14H,1H3,(H,22,24). The van der Waals surface area contributed by atoms with Crippen molar-refractivity contribution in [3.63, 3.8) is 0 Å². The summed E-state index contributed by atoms with van der Waals surface area (Å²) in [7, 11) is 0. The van der Waals surface area contributed by atoms with Crippen LogP contribution in [-0.4, -0.2) is 11.7 Å². The van der Waals surface area contributed by atoms with E-state index in [0.717, 1.165) is 11.1 Å². The van der Waals surface area contributed by atoms with Crippen LogP contribution in [0, 0.1) is 0 Å². The van der Waals surface area contributed by atoms with Crippen molar-refractivity contribution >= 4 is 17.4 Å². The molecular formula is C21H17NO2. The van der Waals surface area contributed by atoms with Crippen LogP contribution < -0.4 is 5.32 Å². The van der Waals surface area contributed by atoms with E-state index in [1.807, 2.05) is 48.5 Å². The third-order valence-electron chi connectivity index (χ3n) is 3.81. The Morgan fingerprint density at radius 1 is 0.708 bits per heavy atom. The lowest BCUT2D eigenvalue weighted by atomic mass is 9.99. The average molecular weight is 315 g/mol. The second kappa shape index (κ2) is 6.92. The van der Waals surface area contributed by atoms with Crippen molar-refractivity contribution in [2.75, 3.05) is 5.32 Å². The van der Waals surface area contributed by atoms with Crippen molar-refractivity contribution in [3.8, 4) is 11.1 Å². The van der Waals surface area contributed by atoms with Crippen molar-refractivity contribution in [2.45, 2.75) is 6.92 Å². The molecule has 0 radical (unpaired) electrons. The van der Waals surface area contributed by atoms with Crippen molar-refractivity contribution < 1.29 is 9.59 Å². The maximum atomic E-state index is 12.8. The molecule has 0 spiro atoms. The monoisotopic (exact) mass is 315 g/mol. The third-order valence-corrected chi connectivity index (χ3v) is 3.81. The fourth-order valence-corrected chi connectivity index (χ4v) is 2.64. The molecule has 0 fully saturated rings. The molecule has 3 aromatic rings. The van der Waals surface area contributed by atoms with Gasteiger partial charge >= 0.3 is 0 Å². The third kappa shape index (κ3) is 3.25. The van der Waals surface area contributed by atoms with Crippen molar-refractivity contribution in [1.29, 1.82) is 0 Å². The van der Waals surface area contributed by atoms with Crippen LogP contribution in [0.15, 0.2) is 78.9 Å². The first kappa shape index (κ1) is 15.7. The van der Waals surface area contributed by atoms with E-state index in [0.29, 0.717) is 16.8 Å². The van der Waals surface area contributed by atoms with Gasteiger partial charge in [-0.2, -0.15) is 0 Å². The summed E-state index contributed by atoms with van der Waals surface area (Å²) in [5.74, 6) is -0.314. The Labute approximate surface area is 141 Å². The summed E-state index contributed by atoms with van der Waals surface area (Å²) in [5, 5.41) is 2.86. The van der Waals surface area contributed by atoms with Crippen LogP contribution in [0.1, 0.15) is 27.6 Å². The number of carbonyl (C=O) groups is 2. The van der Waals surface area contributed by atoms with E-state index in [4.69, 9.17) is 0 Å². The van der Waals surface area contributed by atoms with Crippen LogP contribution in [0.3, 0.4) is 0 Å². The van der Waals surface area contributed by atoms with Gasteiger partial charge in [0, 0.05) is 11.1 Å². The van der Waals surface area contributed by atoms with Crippen LogP contribution >= 0.6 is 0 Å². The molecule has 0 aliphatic heterocycles. The van der Waals surface area contributed by atoms with Crippen molar-refractivity contribution in [1.82, 2.24) is 0 Å². The van der Waals surface area contributed by atoms with Gasteiger partial charge in [-0.25, -0.2) is 0 Å². The van der Waals surface area contributed by atoms with E-state index < -0.39 is 0 Å². The zero-order chi connectivity index (χ0) is 16.9. The number of rotatable bonds is 4. The number of anilines is 1. The zero-order valence-electron chi connectivity index (χ0n) is 13.3. The molecule has 0 heterocycles. The minimum atomic E-state index is -0.233. The summed E-state index contributed by atoms with van der Waals surface area (Å²) in [6.07, 6.45) is 0. The van der Waals surface area contributed by atoms with E-state index in [2.05, 4.69) is 5.32 Å². The van der Waals surface area contributed by atoms with Gasteiger partial charge < -0.3 is 5.32 Å². The molecule has 3 heteroatoms. The number of carbonyl (C=O) groups excluding carboxylic acids is 2. The first-order valence-electron chi connectivity index (χ1n) is 7.72. The second-order valence-corrected chi connectivity index (χ2v) is 5.47. The summed E-state index contributed by atoms with van der Waals surface area (Å²) in [4.78, 5) is 24.5. The summed E-state index contributed by atoms with van der Waals surface area (Å²) in [5.41, 5.74) is 3.43. The van der Waals surface area contributed by atoms with Gasteiger partial charge in [-0.1, -0.05) is 60.7 Å². The number of amides is 1. The molecule has 0 atom stereocenters. The normalized spacial score (nSPS) is 10.2. The van der Waals surface area contributed by atoms with Gasteiger partial charge in [0.25, 0.3) is 5.91 Å². The molecule has 0 aliphatic carbocycles. The largest absolute Gasteiger partial charge is 0.321 e. The van der Waals surface area contributed by atoms with Crippen LogP contribution in [0.5, 0.6) is 0 Å². The van der Waals surface area contributed by atoms with E-state index in [1.165, 1.54) is 6.92 Å². The summed E-state index contributed by atoms with van der Waals surface area (Å²) < 4.78 is 0. The lowest BCUT2D eigenvalue weighted by Crippen LogP contribution is -2.15. The first-order chi connectivity index (χ1) is 11.7. The second-order valence-electron chi connectivity index (χ2n) is 5.47. The Bertz CT molecular complexity index is 885. The average Bonchev–Trinajstić information content (AvgIpc) is 2.62. The van der Waals surface area contributed by atoms with Gasteiger partial charge in [0.1, 0.15) is 0 Å². The number of ketones is 1. The van der Waals surface area contributed by atoms with Gasteiger partial charge in [0.05, 0.1) is 5.69 Å². The van der Waals surface area contributed by atoms with E-state index in [9.17, 15) is 9.59 Å². The highest BCUT2D eigenvalue weighted by molar-refractivity contribution is 6.11. The molecule has 118 valence electrons. The van der Waals surface area contributed by atoms with Gasteiger partial charge in [0.15, 0.2) is 5.78 Å². The zero-order valence-corrected chi connectivity index (χ0v) is 13.3. The lowest BCUT2D eigenvalue weighted by Gasteiger charge is -2.12. The van der Waals surface area contributed by atoms with Crippen LogP contribution in [0.2, 0.25) is 0 Å². The fourth-order valence-electron chi connectivity index (χ4n) is 2.64. The minimum Gasteiger partial charge on any atom is -0.321 e. The highest BCUT2D eigenvalue weighted by Crippen LogP contribution is 2.25. The number of para-hydroxylation sites is 1. The Balaban J connectivity index is 1.97. The van der Waals surface area contributed by atoms with E-state index in [1.54, 1.807) is 30.3 Å². The minimum absolute atomic E-state index is 0.0813. The van der Waals surface area contributed by atoms with Crippen LogP contribution in [0.25, 0.3) is 11.1 Å². The lowest BCUT2D eigenvalue weighted by molar-refractivity contribution is 0.101. The molecule has 0 aliphatic rings. The van der Waals surface area contributed by atoms with Crippen LogP contribution in [0.4, 0.5) is 5.69 Å². The Kier molecular flexibility index (Phi) is 4.52. The fraction of sp³-hybridized carbons (Fsp3) is 0.0476. The van der Waals surface area contributed by atoms with Crippen LogP contribution in [-0.2, 0) is 0 Å². The van der Waals surface area contributed by atoms with Crippen molar-refractivity contribution in [3.05, 3.63) is 90.0 Å².